The lowest BCUT2D eigenvalue weighted by molar-refractivity contribution is -0.0511. The monoisotopic (exact) mass is 396 g/mol. The van der Waals surface area contributed by atoms with Gasteiger partial charge < -0.3 is 25.4 Å². The van der Waals surface area contributed by atoms with Gasteiger partial charge in [0.15, 0.2) is 23.2 Å². The summed E-state index contributed by atoms with van der Waals surface area (Å²) in [7, 11) is 0. The lowest BCUT2D eigenvalue weighted by Gasteiger charge is -2.16. The van der Waals surface area contributed by atoms with E-state index in [-0.39, 0.29) is 0 Å². The van der Waals surface area contributed by atoms with Crippen molar-refractivity contribution in [2.75, 3.05) is 18.5 Å². The summed E-state index contributed by atoms with van der Waals surface area (Å²) >= 11 is 0. The van der Waals surface area contributed by atoms with Crippen LogP contribution in [-0.2, 0) is 11.2 Å². The normalized spacial score (nSPS) is 23.9. The minimum atomic E-state index is -1.22. The molecule has 150 valence electrons. The molecule has 3 heterocycles. The summed E-state index contributed by atoms with van der Waals surface area (Å²) in [6.07, 6.45) is -0.626. The highest BCUT2D eigenvalue weighted by atomic mass is 16.6. The Labute approximate surface area is 166 Å². The molecule has 0 bridgehead atoms. The maximum Gasteiger partial charge on any atom is 0.167 e. The van der Waals surface area contributed by atoms with Crippen LogP contribution < -0.4 is 5.32 Å². The Morgan fingerprint density at radius 1 is 1.14 bits per heavy atom. The van der Waals surface area contributed by atoms with Crippen molar-refractivity contribution in [3.8, 4) is 6.07 Å². The molecule has 4 atom stereocenters. The Morgan fingerprint density at radius 3 is 2.62 bits per heavy atom. The van der Waals surface area contributed by atoms with Crippen molar-refractivity contribution in [1.29, 1.82) is 5.26 Å². The SMILES string of the molecule is N#Cc1ccc(CCNc2ncnc3c2ncn3[C@@H]2O[C@H](CO)[C@@H](O)[C@H]2O)cc1. The number of imidazole rings is 1. The maximum atomic E-state index is 10.3. The molecule has 1 aromatic carbocycles. The van der Waals surface area contributed by atoms with Gasteiger partial charge in [0.05, 0.1) is 24.6 Å². The van der Waals surface area contributed by atoms with Crippen LogP contribution in [0.5, 0.6) is 0 Å². The molecule has 0 spiro atoms. The topological polar surface area (TPSA) is 149 Å². The van der Waals surface area contributed by atoms with E-state index < -0.39 is 31.1 Å². The average Bonchev–Trinajstić information content (AvgIpc) is 3.30. The number of hydrogen-bond acceptors (Lipinski definition) is 9. The lowest BCUT2D eigenvalue weighted by Crippen LogP contribution is -2.33. The molecule has 4 N–H and O–H groups in total. The third-order valence-corrected chi connectivity index (χ3v) is 4.94. The number of nitrogens with one attached hydrogen (secondary N) is 1. The molecule has 0 amide bonds. The lowest BCUT2D eigenvalue weighted by atomic mass is 10.1. The van der Waals surface area contributed by atoms with Gasteiger partial charge in [-0.05, 0) is 24.1 Å². The first-order valence-corrected chi connectivity index (χ1v) is 9.15. The summed E-state index contributed by atoms with van der Waals surface area (Å²) in [5.74, 6) is 0.536. The Bertz CT molecular complexity index is 1030. The fourth-order valence-electron chi connectivity index (χ4n) is 3.35. The maximum absolute atomic E-state index is 10.3. The Kier molecular flexibility index (Phi) is 5.37. The van der Waals surface area contributed by atoms with E-state index in [0.717, 1.165) is 12.0 Å². The zero-order chi connectivity index (χ0) is 20.4. The van der Waals surface area contributed by atoms with Crippen LogP contribution in [0.2, 0.25) is 0 Å². The highest BCUT2D eigenvalue weighted by Gasteiger charge is 2.44. The first kappa shape index (κ1) is 19.2. The fourth-order valence-corrected chi connectivity index (χ4v) is 3.35. The molecule has 0 radical (unpaired) electrons. The number of benzene rings is 1. The number of fused-ring (bicyclic) bond motifs is 1. The quantitative estimate of drug-likeness (QED) is 0.450. The molecule has 1 saturated heterocycles. The molecule has 29 heavy (non-hydrogen) atoms. The largest absolute Gasteiger partial charge is 0.394 e. The highest BCUT2D eigenvalue weighted by Crippen LogP contribution is 2.32. The van der Waals surface area contributed by atoms with Crippen LogP contribution in [0, 0.1) is 11.3 Å². The van der Waals surface area contributed by atoms with E-state index in [1.54, 1.807) is 12.1 Å². The standard InChI is InChI=1S/C19H20N6O4/c20-7-12-3-1-11(2-4-12)5-6-21-17-14-18(23-9-22-17)25(10-24-14)19-16(28)15(27)13(8-26)29-19/h1-4,9-10,13,15-16,19,26-28H,5-6,8H2,(H,21,22,23)/t13-,15-,16-,19-/m1/s1. The van der Waals surface area contributed by atoms with Crippen LogP contribution in [-0.4, -0.2) is 66.3 Å². The van der Waals surface area contributed by atoms with E-state index in [1.807, 2.05) is 12.1 Å². The van der Waals surface area contributed by atoms with Crippen molar-refractivity contribution in [1.82, 2.24) is 19.5 Å². The Morgan fingerprint density at radius 2 is 1.93 bits per heavy atom. The van der Waals surface area contributed by atoms with Crippen molar-refractivity contribution in [3.63, 3.8) is 0 Å². The van der Waals surface area contributed by atoms with E-state index in [9.17, 15) is 15.3 Å². The molecule has 4 rings (SSSR count). The van der Waals surface area contributed by atoms with Crippen LogP contribution in [0.4, 0.5) is 5.82 Å². The zero-order valence-corrected chi connectivity index (χ0v) is 15.4. The molecule has 0 unspecified atom stereocenters. The van der Waals surface area contributed by atoms with Crippen molar-refractivity contribution < 1.29 is 20.1 Å². The molecule has 10 heteroatoms. The van der Waals surface area contributed by atoms with Gasteiger partial charge in [-0.25, -0.2) is 15.0 Å². The molecule has 1 aliphatic heterocycles. The second kappa shape index (κ2) is 8.10. The van der Waals surface area contributed by atoms with Crippen LogP contribution in [0.25, 0.3) is 11.2 Å². The van der Waals surface area contributed by atoms with Gasteiger partial charge in [0, 0.05) is 6.54 Å². The number of aliphatic hydroxyl groups excluding tert-OH is 3. The number of anilines is 1. The predicted octanol–water partition coefficient (Wildman–Crippen LogP) is -0.0359. The Balaban J connectivity index is 1.49. The smallest absolute Gasteiger partial charge is 0.167 e. The van der Waals surface area contributed by atoms with Gasteiger partial charge in [0.1, 0.15) is 24.6 Å². The van der Waals surface area contributed by atoms with Gasteiger partial charge in [-0.1, -0.05) is 12.1 Å². The van der Waals surface area contributed by atoms with Crippen LogP contribution in [0.3, 0.4) is 0 Å². The number of aromatic nitrogens is 4. The molecule has 10 nitrogen and oxygen atoms in total. The third kappa shape index (κ3) is 3.64. The summed E-state index contributed by atoms with van der Waals surface area (Å²) in [5, 5.41) is 41.6. The molecular weight excluding hydrogens is 376 g/mol. The molecule has 1 aliphatic rings. The summed E-state index contributed by atoms with van der Waals surface area (Å²) in [5.41, 5.74) is 2.65. The number of nitriles is 1. The number of ether oxygens (including phenoxy) is 1. The molecule has 0 saturated carbocycles. The first-order valence-electron chi connectivity index (χ1n) is 9.15. The minimum absolute atomic E-state index is 0.404. The summed E-state index contributed by atoms with van der Waals surface area (Å²) < 4.78 is 7.07. The van der Waals surface area contributed by atoms with Crippen molar-refractivity contribution in [2.24, 2.45) is 0 Å². The molecule has 3 aromatic rings. The fraction of sp³-hybridized carbons (Fsp3) is 0.368. The minimum Gasteiger partial charge on any atom is -0.394 e. The Hall–Kier alpha value is -3.10. The van der Waals surface area contributed by atoms with Crippen molar-refractivity contribution in [2.45, 2.75) is 31.0 Å². The second-order valence-corrected chi connectivity index (χ2v) is 6.76. The molecule has 2 aromatic heterocycles. The number of hydrogen-bond donors (Lipinski definition) is 4. The molecular formula is C19H20N6O4. The average molecular weight is 396 g/mol. The van der Waals surface area contributed by atoms with E-state index in [4.69, 9.17) is 10.00 Å². The van der Waals surface area contributed by atoms with E-state index in [2.05, 4.69) is 26.3 Å². The second-order valence-electron chi connectivity index (χ2n) is 6.76. The number of aliphatic hydroxyl groups is 3. The zero-order valence-electron chi connectivity index (χ0n) is 15.4. The van der Waals surface area contributed by atoms with Crippen LogP contribution >= 0.6 is 0 Å². The summed E-state index contributed by atoms with van der Waals surface area (Å²) in [4.78, 5) is 12.8. The van der Waals surface area contributed by atoms with Gasteiger partial charge in [0.2, 0.25) is 0 Å². The predicted molar refractivity (Wildman–Crippen MR) is 102 cm³/mol. The highest BCUT2D eigenvalue weighted by molar-refractivity contribution is 5.82. The summed E-state index contributed by atoms with van der Waals surface area (Å²) in [6.45, 7) is 0.192. The van der Waals surface area contributed by atoms with Gasteiger partial charge in [-0.15, -0.1) is 0 Å². The van der Waals surface area contributed by atoms with E-state index in [1.165, 1.54) is 17.2 Å². The van der Waals surface area contributed by atoms with E-state index >= 15 is 0 Å². The van der Waals surface area contributed by atoms with Crippen molar-refractivity contribution in [3.05, 3.63) is 48.0 Å². The number of rotatable bonds is 6. The molecule has 1 fully saturated rings. The first-order chi connectivity index (χ1) is 14.1. The van der Waals surface area contributed by atoms with Crippen molar-refractivity contribution >= 4 is 17.0 Å². The van der Waals surface area contributed by atoms with Gasteiger partial charge >= 0.3 is 0 Å². The van der Waals surface area contributed by atoms with Gasteiger partial charge in [-0.2, -0.15) is 5.26 Å². The molecule has 0 aliphatic carbocycles. The number of nitrogens with zero attached hydrogens (tertiary/aromatic N) is 5. The van der Waals surface area contributed by atoms with Gasteiger partial charge in [0.25, 0.3) is 0 Å². The summed E-state index contributed by atoms with van der Waals surface area (Å²) in [6, 6.07) is 9.47. The third-order valence-electron chi connectivity index (χ3n) is 4.94. The van der Waals surface area contributed by atoms with Crippen LogP contribution in [0.15, 0.2) is 36.9 Å². The van der Waals surface area contributed by atoms with Crippen LogP contribution in [0.1, 0.15) is 17.4 Å². The van der Waals surface area contributed by atoms with Gasteiger partial charge in [-0.3, -0.25) is 4.57 Å². The van der Waals surface area contributed by atoms with E-state index in [0.29, 0.717) is 29.1 Å².